The van der Waals surface area contributed by atoms with Crippen LogP contribution in [-0.2, 0) is 11.2 Å². The fourth-order valence-electron chi connectivity index (χ4n) is 3.03. The van der Waals surface area contributed by atoms with Gasteiger partial charge < -0.3 is 15.0 Å². The van der Waals surface area contributed by atoms with Crippen molar-refractivity contribution >= 4 is 22.7 Å². The average molecular weight is 286 g/mol. The third-order valence-electron chi connectivity index (χ3n) is 4.09. The van der Waals surface area contributed by atoms with E-state index in [9.17, 15) is 0 Å². The van der Waals surface area contributed by atoms with Crippen LogP contribution in [0.5, 0.6) is 0 Å². The van der Waals surface area contributed by atoms with Crippen molar-refractivity contribution < 1.29 is 4.74 Å². The summed E-state index contributed by atoms with van der Waals surface area (Å²) in [6.07, 6.45) is 1.14. The molecule has 1 aromatic heterocycles. The lowest BCUT2D eigenvalue weighted by atomic mass is 10.0. The van der Waals surface area contributed by atoms with Crippen molar-refractivity contribution in [1.29, 1.82) is 0 Å². The number of ether oxygens (including phenoxy) is 1. The summed E-state index contributed by atoms with van der Waals surface area (Å²) in [5.74, 6) is 0. The molecule has 0 spiro atoms. The van der Waals surface area contributed by atoms with Crippen molar-refractivity contribution in [3.05, 3.63) is 35.2 Å². The molecule has 0 bridgehead atoms. The number of hydrogen-bond donors (Lipinski definition) is 1. The van der Waals surface area contributed by atoms with E-state index in [4.69, 9.17) is 4.74 Å². The first-order valence-electron chi connectivity index (χ1n) is 7.19. The van der Waals surface area contributed by atoms with Gasteiger partial charge in [0.1, 0.15) is 0 Å². The lowest BCUT2D eigenvalue weighted by Crippen LogP contribution is -2.35. The molecule has 104 valence electrons. The summed E-state index contributed by atoms with van der Waals surface area (Å²) in [7, 11) is 0. The number of fused-ring (bicyclic) bond motifs is 1. The highest BCUT2D eigenvalue weighted by molar-refractivity contribution is 7.14. The molecule has 3 heterocycles. The van der Waals surface area contributed by atoms with Crippen LogP contribution in [0, 0.1) is 0 Å². The van der Waals surface area contributed by atoms with Gasteiger partial charge in [-0.3, -0.25) is 0 Å². The average Bonchev–Trinajstić information content (AvgIpc) is 3.17. The van der Waals surface area contributed by atoms with Crippen molar-refractivity contribution in [2.24, 2.45) is 0 Å². The molecule has 0 amide bonds. The van der Waals surface area contributed by atoms with Gasteiger partial charge in [0.05, 0.1) is 13.2 Å². The van der Waals surface area contributed by atoms with Crippen molar-refractivity contribution in [3.63, 3.8) is 0 Å². The molecule has 2 aliphatic heterocycles. The predicted molar refractivity (Wildman–Crippen MR) is 85.0 cm³/mol. The number of anilines is 2. The third-order valence-corrected chi connectivity index (χ3v) is 5.04. The third kappa shape index (κ3) is 2.09. The summed E-state index contributed by atoms with van der Waals surface area (Å²) in [6.45, 7) is 4.76. The summed E-state index contributed by atoms with van der Waals surface area (Å²) >= 11 is 1.85. The van der Waals surface area contributed by atoms with E-state index in [-0.39, 0.29) is 0 Å². The van der Waals surface area contributed by atoms with Gasteiger partial charge in [-0.15, -0.1) is 11.3 Å². The number of thiophene rings is 1. The molecule has 1 fully saturated rings. The molecule has 1 N–H and O–H groups in total. The van der Waals surface area contributed by atoms with Gasteiger partial charge >= 0.3 is 0 Å². The first-order chi connectivity index (χ1) is 9.92. The molecule has 0 unspecified atom stereocenters. The molecule has 2 aromatic rings. The molecule has 0 aliphatic carbocycles. The zero-order chi connectivity index (χ0) is 13.4. The number of rotatable bonds is 2. The minimum absolute atomic E-state index is 0.843. The highest BCUT2D eigenvalue weighted by Gasteiger charge is 2.18. The molecule has 3 nitrogen and oxygen atoms in total. The van der Waals surface area contributed by atoms with E-state index in [1.165, 1.54) is 27.4 Å². The first-order valence-corrected chi connectivity index (χ1v) is 8.07. The Labute approximate surface area is 123 Å². The molecular formula is C16H18N2OS. The van der Waals surface area contributed by atoms with Crippen LogP contribution in [0.2, 0.25) is 0 Å². The Balaban J connectivity index is 1.66. The Morgan fingerprint density at radius 1 is 1.20 bits per heavy atom. The van der Waals surface area contributed by atoms with Crippen LogP contribution < -0.4 is 10.2 Å². The Morgan fingerprint density at radius 2 is 2.10 bits per heavy atom. The number of nitrogens with one attached hydrogen (secondary N) is 1. The maximum Gasteiger partial charge on any atom is 0.0642 e. The Hall–Kier alpha value is -1.52. The number of nitrogens with zero attached hydrogens (tertiary/aromatic N) is 1. The Morgan fingerprint density at radius 3 is 3.00 bits per heavy atom. The fourth-order valence-corrected chi connectivity index (χ4v) is 4.00. The molecule has 0 radical (unpaired) electrons. The first kappa shape index (κ1) is 12.2. The standard InChI is InChI=1S/C16H18N2OS/c1-2-14(13-4-5-17-15(13)3-1)16-10-12(11-20-16)18-6-8-19-9-7-18/h1-3,10-11,17H,4-9H2. The van der Waals surface area contributed by atoms with Crippen molar-refractivity contribution in [2.75, 3.05) is 43.1 Å². The molecular weight excluding hydrogens is 268 g/mol. The van der Waals surface area contributed by atoms with Gasteiger partial charge in [-0.2, -0.15) is 0 Å². The van der Waals surface area contributed by atoms with Crippen LogP contribution in [0.25, 0.3) is 10.4 Å². The van der Waals surface area contributed by atoms with E-state index in [1.54, 1.807) is 0 Å². The molecule has 2 aliphatic rings. The highest BCUT2D eigenvalue weighted by Crippen LogP contribution is 2.38. The lowest BCUT2D eigenvalue weighted by molar-refractivity contribution is 0.123. The summed E-state index contributed by atoms with van der Waals surface area (Å²) in [5, 5.41) is 5.74. The smallest absolute Gasteiger partial charge is 0.0642 e. The molecule has 0 saturated carbocycles. The summed E-state index contributed by atoms with van der Waals surface area (Å²) in [4.78, 5) is 3.80. The maximum absolute atomic E-state index is 5.43. The van der Waals surface area contributed by atoms with Crippen LogP contribution in [-0.4, -0.2) is 32.8 Å². The topological polar surface area (TPSA) is 24.5 Å². The largest absolute Gasteiger partial charge is 0.384 e. The Bertz CT molecular complexity index is 617. The zero-order valence-corrected chi connectivity index (χ0v) is 12.2. The Kier molecular flexibility index (Phi) is 3.13. The van der Waals surface area contributed by atoms with Crippen molar-refractivity contribution in [3.8, 4) is 10.4 Å². The highest BCUT2D eigenvalue weighted by atomic mass is 32.1. The molecule has 20 heavy (non-hydrogen) atoms. The van der Waals surface area contributed by atoms with Crippen LogP contribution in [0.1, 0.15) is 5.56 Å². The molecule has 4 heteroatoms. The zero-order valence-electron chi connectivity index (χ0n) is 11.4. The van der Waals surface area contributed by atoms with Gasteiger partial charge in [0.25, 0.3) is 0 Å². The minimum Gasteiger partial charge on any atom is -0.384 e. The monoisotopic (exact) mass is 286 g/mol. The summed E-state index contributed by atoms with van der Waals surface area (Å²) < 4.78 is 5.43. The van der Waals surface area contributed by atoms with E-state index in [0.717, 1.165) is 39.3 Å². The molecule has 0 atom stereocenters. The van der Waals surface area contributed by atoms with Crippen LogP contribution in [0.15, 0.2) is 29.6 Å². The van der Waals surface area contributed by atoms with Crippen LogP contribution >= 0.6 is 11.3 Å². The van der Waals surface area contributed by atoms with Gasteiger partial charge in [-0.25, -0.2) is 0 Å². The number of benzene rings is 1. The second-order valence-corrected chi connectivity index (χ2v) is 6.19. The number of morpholine rings is 1. The van der Waals surface area contributed by atoms with E-state index in [2.05, 4.69) is 39.9 Å². The second-order valence-electron chi connectivity index (χ2n) is 5.28. The van der Waals surface area contributed by atoms with Gasteiger partial charge in [0, 0.05) is 41.3 Å². The molecule has 1 aromatic carbocycles. The molecule has 1 saturated heterocycles. The van der Waals surface area contributed by atoms with E-state index in [1.807, 2.05) is 11.3 Å². The fraction of sp³-hybridized carbons (Fsp3) is 0.375. The van der Waals surface area contributed by atoms with Gasteiger partial charge in [-0.05, 0) is 29.7 Å². The summed E-state index contributed by atoms with van der Waals surface area (Å²) in [5.41, 5.74) is 5.53. The SMILES string of the molecule is c1cc2c(c(-c3cc(N4CCOCC4)cs3)c1)CCN2. The van der Waals surface area contributed by atoms with E-state index >= 15 is 0 Å². The number of hydrogen-bond acceptors (Lipinski definition) is 4. The van der Waals surface area contributed by atoms with Crippen molar-refractivity contribution in [2.45, 2.75) is 6.42 Å². The maximum atomic E-state index is 5.43. The predicted octanol–water partition coefficient (Wildman–Crippen LogP) is 3.22. The van der Waals surface area contributed by atoms with Crippen molar-refractivity contribution in [1.82, 2.24) is 0 Å². The quantitative estimate of drug-likeness (QED) is 0.917. The lowest BCUT2D eigenvalue weighted by Gasteiger charge is -2.27. The van der Waals surface area contributed by atoms with Gasteiger partial charge in [-0.1, -0.05) is 12.1 Å². The van der Waals surface area contributed by atoms with Gasteiger partial charge in [0.15, 0.2) is 0 Å². The van der Waals surface area contributed by atoms with Gasteiger partial charge in [0.2, 0.25) is 0 Å². The van der Waals surface area contributed by atoms with E-state index in [0.29, 0.717) is 0 Å². The van der Waals surface area contributed by atoms with E-state index < -0.39 is 0 Å². The second kappa shape index (κ2) is 5.11. The molecule has 4 rings (SSSR count). The normalized spacial score (nSPS) is 17.9. The van der Waals surface area contributed by atoms with Crippen LogP contribution in [0.4, 0.5) is 11.4 Å². The van der Waals surface area contributed by atoms with Crippen LogP contribution in [0.3, 0.4) is 0 Å². The summed E-state index contributed by atoms with van der Waals surface area (Å²) in [6, 6.07) is 8.92. The minimum atomic E-state index is 0.843.